The summed E-state index contributed by atoms with van der Waals surface area (Å²) in [5.74, 6) is -0.150. The van der Waals surface area contributed by atoms with Gasteiger partial charge in [0.1, 0.15) is 10.6 Å². The van der Waals surface area contributed by atoms with Crippen molar-refractivity contribution in [1.29, 1.82) is 0 Å². The van der Waals surface area contributed by atoms with Crippen molar-refractivity contribution >= 4 is 15.9 Å². The maximum atomic E-state index is 12.7. The van der Waals surface area contributed by atoms with E-state index in [1.54, 1.807) is 4.90 Å². The normalized spacial score (nSPS) is 16.2. The molecule has 1 aromatic heterocycles. The minimum atomic E-state index is -3.72. The van der Waals surface area contributed by atoms with Crippen molar-refractivity contribution in [3.05, 3.63) is 53.9 Å². The van der Waals surface area contributed by atoms with Crippen LogP contribution in [0.25, 0.3) is 0 Å². The lowest BCUT2D eigenvalue weighted by Crippen LogP contribution is -2.49. The first-order chi connectivity index (χ1) is 13.7. The molecule has 0 spiro atoms. The second kappa shape index (κ2) is 8.69. The van der Waals surface area contributed by atoms with Crippen LogP contribution in [0.3, 0.4) is 0 Å². The van der Waals surface area contributed by atoms with E-state index in [1.165, 1.54) is 12.3 Å². The van der Waals surface area contributed by atoms with Crippen LogP contribution in [0.5, 0.6) is 0 Å². The van der Waals surface area contributed by atoms with Gasteiger partial charge in [0.2, 0.25) is 10.0 Å². The van der Waals surface area contributed by atoms with E-state index < -0.39 is 15.6 Å². The highest BCUT2D eigenvalue weighted by Crippen LogP contribution is 2.18. The van der Waals surface area contributed by atoms with Gasteiger partial charge in [0.15, 0.2) is 0 Å². The molecule has 1 fully saturated rings. The first-order valence-corrected chi connectivity index (χ1v) is 11.5. The summed E-state index contributed by atoms with van der Waals surface area (Å²) in [7, 11) is -3.72. The van der Waals surface area contributed by atoms with Crippen molar-refractivity contribution in [2.75, 3.05) is 19.6 Å². The van der Waals surface area contributed by atoms with Gasteiger partial charge in [0.25, 0.3) is 5.91 Å². The van der Waals surface area contributed by atoms with Gasteiger partial charge in [0, 0.05) is 37.4 Å². The number of carbonyl (C=O) groups excluding carboxylic acids is 1. The number of amides is 1. The van der Waals surface area contributed by atoms with Gasteiger partial charge in [-0.15, -0.1) is 0 Å². The van der Waals surface area contributed by atoms with Crippen LogP contribution in [0.15, 0.2) is 47.5 Å². The molecule has 29 heavy (non-hydrogen) atoms. The Balaban J connectivity index is 1.61. The third-order valence-electron chi connectivity index (χ3n) is 5.20. The molecule has 1 atom stereocenters. The molecular formula is C21H30N4O3S. The molecule has 1 unspecified atom stereocenters. The van der Waals surface area contributed by atoms with E-state index in [4.69, 9.17) is 0 Å². The minimum absolute atomic E-state index is 0.0759. The van der Waals surface area contributed by atoms with Crippen molar-refractivity contribution in [1.82, 2.24) is 19.9 Å². The van der Waals surface area contributed by atoms with Gasteiger partial charge >= 0.3 is 0 Å². The lowest BCUT2D eigenvalue weighted by atomic mass is 10.0. The van der Waals surface area contributed by atoms with Crippen LogP contribution in [-0.4, -0.2) is 49.4 Å². The van der Waals surface area contributed by atoms with Gasteiger partial charge in [-0.25, -0.2) is 13.1 Å². The molecule has 1 aliphatic heterocycles. The fraction of sp³-hybridized carbons (Fsp3) is 0.476. The van der Waals surface area contributed by atoms with E-state index in [0.717, 1.165) is 31.5 Å². The van der Waals surface area contributed by atoms with Crippen molar-refractivity contribution in [2.45, 2.75) is 50.1 Å². The Morgan fingerprint density at radius 1 is 1.21 bits per heavy atom. The highest BCUT2D eigenvalue weighted by atomic mass is 32.2. The van der Waals surface area contributed by atoms with Crippen LogP contribution in [0.1, 0.15) is 55.7 Å². The lowest BCUT2D eigenvalue weighted by Gasteiger charge is -2.30. The fourth-order valence-corrected chi connectivity index (χ4v) is 4.77. The maximum Gasteiger partial charge on any atom is 0.270 e. The number of aromatic nitrogens is 1. The van der Waals surface area contributed by atoms with Crippen LogP contribution < -0.4 is 10.0 Å². The third kappa shape index (κ3) is 5.46. The Kier molecular flexibility index (Phi) is 6.45. The monoisotopic (exact) mass is 418 g/mol. The highest BCUT2D eigenvalue weighted by molar-refractivity contribution is 7.89. The minimum Gasteiger partial charge on any atom is -0.356 e. The van der Waals surface area contributed by atoms with Crippen LogP contribution in [0.4, 0.5) is 0 Å². The number of aromatic amines is 1. The first-order valence-electron chi connectivity index (χ1n) is 9.98. The number of hydrogen-bond donors (Lipinski definition) is 3. The fourth-order valence-electron chi connectivity index (χ4n) is 3.56. The zero-order valence-electron chi connectivity index (χ0n) is 17.2. The van der Waals surface area contributed by atoms with E-state index in [9.17, 15) is 13.2 Å². The zero-order chi connectivity index (χ0) is 21.1. The average molecular weight is 419 g/mol. The summed E-state index contributed by atoms with van der Waals surface area (Å²) in [6.45, 7) is 7.61. The molecule has 0 aliphatic carbocycles. The summed E-state index contributed by atoms with van der Waals surface area (Å²) in [4.78, 5) is 17.1. The van der Waals surface area contributed by atoms with E-state index >= 15 is 0 Å². The molecule has 2 heterocycles. The molecule has 0 saturated carbocycles. The van der Waals surface area contributed by atoms with Crippen LogP contribution in [0, 0.1) is 0 Å². The molecule has 2 aromatic rings. The van der Waals surface area contributed by atoms with Gasteiger partial charge < -0.3 is 15.2 Å². The third-order valence-corrected chi connectivity index (χ3v) is 6.58. The van der Waals surface area contributed by atoms with E-state index in [-0.39, 0.29) is 23.4 Å². The Bertz CT molecular complexity index is 932. The molecule has 1 amide bonds. The largest absolute Gasteiger partial charge is 0.356 e. The summed E-state index contributed by atoms with van der Waals surface area (Å²) in [5, 5.41) is 3.46. The average Bonchev–Trinajstić information content (AvgIpc) is 3.39. The predicted octanol–water partition coefficient (Wildman–Crippen LogP) is 2.66. The lowest BCUT2D eigenvalue weighted by molar-refractivity contribution is 0.0787. The molecule has 7 nitrogen and oxygen atoms in total. The van der Waals surface area contributed by atoms with Gasteiger partial charge in [-0.05, 0) is 45.2 Å². The van der Waals surface area contributed by atoms with Crippen molar-refractivity contribution in [2.24, 2.45) is 0 Å². The topological polar surface area (TPSA) is 94.3 Å². The number of benzene rings is 1. The second-order valence-electron chi connectivity index (χ2n) is 8.23. The molecule has 1 aromatic carbocycles. The van der Waals surface area contributed by atoms with E-state index in [2.05, 4.69) is 15.0 Å². The molecule has 3 rings (SSSR count). The van der Waals surface area contributed by atoms with Gasteiger partial charge in [-0.3, -0.25) is 4.79 Å². The van der Waals surface area contributed by atoms with Crippen molar-refractivity contribution in [3.8, 4) is 0 Å². The number of nitrogens with zero attached hydrogens (tertiary/aromatic N) is 1. The molecule has 1 aliphatic rings. The molecular weight excluding hydrogens is 388 g/mol. The molecule has 1 saturated heterocycles. The molecule has 0 bridgehead atoms. The quantitative estimate of drug-likeness (QED) is 0.614. The van der Waals surface area contributed by atoms with Gasteiger partial charge in [-0.2, -0.15) is 0 Å². The summed E-state index contributed by atoms with van der Waals surface area (Å²) in [6, 6.07) is 11.5. The number of H-pyrrole nitrogens is 1. The summed E-state index contributed by atoms with van der Waals surface area (Å²) >= 11 is 0. The highest BCUT2D eigenvalue weighted by Gasteiger charge is 2.26. The Hall–Kier alpha value is -2.16. The Morgan fingerprint density at radius 3 is 2.52 bits per heavy atom. The Morgan fingerprint density at radius 2 is 1.86 bits per heavy atom. The maximum absolute atomic E-state index is 12.7. The predicted molar refractivity (Wildman–Crippen MR) is 113 cm³/mol. The molecule has 0 radical (unpaired) electrons. The van der Waals surface area contributed by atoms with Gasteiger partial charge in [-0.1, -0.05) is 30.3 Å². The number of nitrogens with one attached hydrogen (secondary N) is 3. The van der Waals surface area contributed by atoms with Crippen molar-refractivity contribution in [3.63, 3.8) is 0 Å². The molecule has 8 heteroatoms. The SMILES string of the molecule is CC(NC(C)(C)CNS(=O)(=O)c1c[nH]c(C(=O)N2CCCC2)c1)c1ccccc1. The number of rotatable bonds is 8. The van der Waals surface area contributed by atoms with E-state index in [1.807, 2.05) is 51.1 Å². The van der Waals surface area contributed by atoms with Crippen LogP contribution in [-0.2, 0) is 10.0 Å². The smallest absolute Gasteiger partial charge is 0.270 e. The van der Waals surface area contributed by atoms with Crippen LogP contribution >= 0.6 is 0 Å². The molecule has 158 valence electrons. The molecule has 3 N–H and O–H groups in total. The first kappa shape index (κ1) is 21.5. The summed E-state index contributed by atoms with van der Waals surface area (Å²) in [5.41, 5.74) is 0.980. The second-order valence-corrected chi connectivity index (χ2v) is 10.0. The van der Waals surface area contributed by atoms with Gasteiger partial charge in [0.05, 0.1) is 0 Å². The summed E-state index contributed by atoms with van der Waals surface area (Å²) in [6.07, 6.45) is 3.35. The number of hydrogen-bond acceptors (Lipinski definition) is 4. The van der Waals surface area contributed by atoms with Crippen LogP contribution in [0.2, 0.25) is 0 Å². The van der Waals surface area contributed by atoms with Crippen molar-refractivity contribution < 1.29 is 13.2 Å². The van der Waals surface area contributed by atoms with E-state index in [0.29, 0.717) is 5.69 Å². The standard InChI is InChI=1S/C21H30N4O3S/c1-16(17-9-5-4-6-10-17)24-21(2,3)15-23-29(27,28)18-13-19(22-14-18)20(26)25-11-7-8-12-25/h4-6,9-10,13-14,16,22-24H,7-8,11-12,15H2,1-3H3. The number of carbonyl (C=O) groups is 1. The Labute approximate surface area is 172 Å². The number of sulfonamides is 1. The zero-order valence-corrected chi connectivity index (χ0v) is 18.1. The number of likely N-dealkylation sites (tertiary alicyclic amines) is 1. The summed E-state index contributed by atoms with van der Waals surface area (Å²) < 4.78 is 28.1.